The molecule has 2 aliphatic rings. The van der Waals surface area contributed by atoms with Gasteiger partial charge in [0.1, 0.15) is 11.9 Å². The molecule has 3 atom stereocenters. The third-order valence-corrected chi connectivity index (χ3v) is 6.12. The second-order valence-electron chi connectivity index (χ2n) is 9.74. The predicted molar refractivity (Wildman–Crippen MR) is 130 cm³/mol. The summed E-state index contributed by atoms with van der Waals surface area (Å²) >= 11 is 0. The van der Waals surface area contributed by atoms with Gasteiger partial charge in [0.2, 0.25) is 0 Å². The minimum absolute atomic E-state index is 0.0108. The Bertz CT molecular complexity index is 752. The Hall–Kier alpha value is -1.83. The number of ether oxygens (including phenoxy) is 3. The highest BCUT2D eigenvalue weighted by atomic mass is 16.5. The van der Waals surface area contributed by atoms with Crippen molar-refractivity contribution in [3.63, 3.8) is 0 Å². The van der Waals surface area contributed by atoms with Crippen LogP contribution in [0.1, 0.15) is 52.2 Å². The van der Waals surface area contributed by atoms with Crippen LogP contribution in [0.2, 0.25) is 0 Å². The lowest BCUT2D eigenvalue weighted by Gasteiger charge is -2.45. The third-order valence-electron chi connectivity index (χ3n) is 6.12. The highest BCUT2D eigenvalue weighted by molar-refractivity contribution is 5.79. The van der Waals surface area contributed by atoms with Crippen LogP contribution < -0.4 is 15.4 Å². The van der Waals surface area contributed by atoms with Crippen molar-refractivity contribution in [3.05, 3.63) is 29.3 Å². The molecular formula is C25H42N4O3. The molecule has 0 amide bonds. The second-order valence-corrected chi connectivity index (χ2v) is 9.74. The van der Waals surface area contributed by atoms with Crippen molar-refractivity contribution in [2.45, 2.75) is 78.4 Å². The summed E-state index contributed by atoms with van der Waals surface area (Å²) in [5.74, 6) is 1.74. The highest BCUT2D eigenvalue weighted by Crippen LogP contribution is 2.25. The Morgan fingerprint density at radius 2 is 1.97 bits per heavy atom. The van der Waals surface area contributed by atoms with E-state index < -0.39 is 0 Å². The molecule has 1 aromatic rings. The van der Waals surface area contributed by atoms with Gasteiger partial charge in [-0.25, -0.2) is 4.99 Å². The molecule has 7 nitrogen and oxygen atoms in total. The normalized spacial score (nSPS) is 25.1. The van der Waals surface area contributed by atoms with Gasteiger partial charge in [0.15, 0.2) is 5.96 Å². The van der Waals surface area contributed by atoms with E-state index in [9.17, 15) is 0 Å². The zero-order valence-corrected chi connectivity index (χ0v) is 20.7. The zero-order chi connectivity index (χ0) is 23.1. The average Bonchev–Trinajstić information content (AvgIpc) is 3.23. The van der Waals surface area contributed by atoms with Crippen LogP contribution in [0.4, 0.5) is 0 Å². The zero-order valence-electron chi connectivity index (χ0n) is 20.7. The van der Waals surface area contributed by atoms with Gasteiger partial charge in [-0.2, -0.15) is 0 Å². The van der Waals surface area contributed by atoms with Gasteiger partial charge in [-0.1, -0.05) is 12.1 Å². The molecule has 180 valence electrons. The van der Waals surface area contributed by atoms with Gasteiger partial charge >= 0.3 is 0 Å². The topological polar surface area (TPSA) is 67.4 Å². The highest BCUT2D eigenvalue weighted by Gasteiger charge is 2.33. The van der Waals surface area contributed by atoms with Gasteiger partial charge in [-0.15, -0.1) is 0 Å². The molecule has 2 heterocycles. The fourth-order valence-electron chi connectivity index (χ4n) is 4.28. The van der Waals surface area contributed by atoms with Crippen LogP contribution in [0.15, 0.2) is 23.2 Å². The molecule has 32 heavy (non-hydrogen) atoms. The van der Waals surface area contributed by atoms with E-state index in [-0.39, 0.29) is 23.9 Å². The molecule has 3 rings (SSSR count). The first-order valence-electron chi connectivity index (χ1n) is 12.0. The van der Waals surface area contributed by atoms with Crippen molar-refractivity contribution in [2.24, 2.45) is 4.99 Å². The van der Waals surface area contributed by atoms with Gasteiger partial charge in [0, 0.05) is 43.7 Å². The van der Waals surface area contributed by atoms with E-state index in [1.54, 1.807) is 0 Å². The maximum Gasteiger partial charge on any atom is 0.191 e. The first-order chi connectivity index (χ1) is 15.3. The number of nitrogens with zero attached hydrogens (tertiary/aromatic N) is 2. The summed E-state index contributed by atoms with van der Waals surface area (Å²) in [7, 11) is 0. The number of nitrogens with one attached hydrogen (secondary N) is 2. The van der Waals surface area contributed by atoms with Crippen molar-refractivity contribution >= 4 is 5.96 Å². The monoisotopic (exact) mass is 446 g/mol. The van der Waals surface area contributed by atoms with Crippen LogP contribution in [0, 0.1) is 6.92 Å². The third kappa shape index (κ3) is 7.09. The molecule has 0 aromatic heterocycles. The molecule has 0 aliphatic carbocycles. The average molecular weight is 447 g/mol. The molecule has 2 N–H and O–H groups in total. The molecule has 0 radical (unpaired) electrons. The molecule has 2 aliphatic heterocycles. The molecule has 7 heteroatoms. The Kier molecular flexibility index (Phi) is 8.79. The number of hydrogen-bond donors (Lipinski definition) is 2. The number of morpholine rings is 1. The van der Waals surface area contributed by atoms with Crippen molar-refractivity contribution in [3.8, 4) is 5.75 Å². The van der Waals surface area contributed by atoms with E-state index in [1.807, 2.05) is 0 Å². The van der Waals surface area contributed by atoms with Crippen LogP contribution in [0.5, 0.6) is 5.75 Å². The summed E-state index contributed by atoms with van der Waals surface area (Å²) in [6.45, 7) is 18.5. The smallest absolute Gasteiger partial charge is 0.191 e. The minimum atomic E-state index is -0.0108. The van der Waals surface area contributed by atoms with Crippen molar-refractivity contribution in [1.29, 1.82) is 0 Å². The molecular weight excluding hydrogens is 404 g/mol. The van der Waals surface area contributed by atoms with E-state index in [2.05, 4.69) is 75.3 Å². The van der Waals surface area contributed by atoms with E-state index in [1.165, 1.54) is 5.56 Å². The van der Waals surface area contributed by atoms with Crippen LogP contribution in [0.25, 0.3) is 0 Å². The maximum atomic E-state index is 6.24. The molecule has 1 aromatic carbocycles. The fourth-order valence-corrected chi connectivity index (χ4v) is 4.28. The van der Waals surface area contributed by atoms with Crippen molar-refractivity contribution in [1.82, 2.24) is 15.5 Å². The Labute approximate surface area is 193 Å². The quantitative estimate of drug-likeness (QED) is 0.473. The van der Waals surface area contributed by atoms with Crippen LogP contribution in [-0.4, -0.2) is 74.1 Å². The van der Waals surface area contributed by atoms with Gasteiger partial charge in [0.05, 0.1) is 32.0 Å². The molecule has 0 saturated carbocycles. The van der Waals surface area contributed by atoms with E-state index in [0.29, 0.717) is 13.2 Å². The summed E-state index contributed by atoms with van der Waals surface area (Å²) in [5, 5.41) is 6.94. The lowest BCUT2D eigenvalue weighted by molar-refractivity contribution is -0.0946. The SMILES string of the molecule is CCNC(=NCc1ccc(C)cc1OC1CCOC1)NCC(C)(C)N1CC(C)OC(C)C1. The maximum absolute atomic E-state index is 6.24. The molecule has 3 unspecified atom stereocenters. The van der Waals surface area contributed by atoms with E-state index in [0.717, 1.165) is 56.5 Å². The number of aryl methyl sites for hydroxylation is 1. The summed E-state index contributed by atoms with van der Waals surface area (Å²) in [6, 6.07) is 6.34. The van der Waals surface area contributed by atoms with Gasteiger partial charge < -0.3 is 24.8 Å². The summed E-state index contributed by atoms with van der Waals surface area (Å²) in [4.78, 5) is 7.38. The Morgan fingerprint density at radius 3 is 2.62 bits per heavy atom. The predicted octanol–water partition coefficient (Wildman–Crippen LogP) is 3.11. The molecule has 0 spiro atoms. The largest absolute Gasteiger partial charge is 0.488 e. The van der Waals surface area contributed by atoms with E-state index >= 15 is 0 Å². The first-order valence-corrected chi connectivity index (χ1v) is 12.0. The Morgan fingerprint density at radius 1 is 1.22 bits per heavy atom. The number of hydrogen-bond acceptors (Lipinski definition) is 5. The van der Waals surface area contributed by atoms with Crippen LogP contribution >= 0.6 is 0 Å². The van der Waals surface area contributed by atoms with Crippen LogP contribution in [-0.2, 0) is 16.0 Å². The Balaban J connectivity index is 1.64. The standard InChI is InChI=1S/C25H42N4O3/c1-7-26-24(28-17-25(5,6)29-14-19(3)31-20(4)15-29)27-13-21-9-8-18(2)12-23(21)32-22-10-11-30-16-22/h8-9,12,19-20,22H,7,10-11,13-17H2,1-6H3,(H2,26,27,28). The summed E-state index contributed by atoms with van der Waals surface area (Å²) in [6.07, 6.45) is 1.58. The van der Waals surface area contributed by atoms with Crippen LogP contribution in [0.3, 0.4) is 0 Å². The molecule has 2 saturated heterocycles. The minimum Gasteiger partial charge on any atom is -0.488 e. The summed E-state index contributed by atoms with van der Waals surface area (Å²) in [5.41, 5.74) is 2.27. The number of guanidine groups is 1. The molecule has 0 bridgehead atoms. The number of benzene rings is 1. The molecule has 2 fully saturated rings. The van der Waals surface area contributed by atoms with Crippen molar-refractivity contribution < 1.29 is 14.2 Å². The van der Waals surface area contributed by atoms with Gasteiger partial charge in [0.25, 0.3) is 0 Å². The summed E-state index contributed by atoms with van der Waals surface area (Å²) < 4.78 is 17.6. The number of rotatable bonds is 8. The second kappa shape index (κ2) is 11.3. The fraction of sp³-hybridized carbons (Fsp3) is 0.720. The lowest BCUT2D eigenvalue weighted by atomic mass is 10.00. The number of aliphatic imine (C=N–C) groups is 1. The van der Waals surface area contributed by atoms with Gasteiger partial charge in [-0.05, 0) is 53.2 Å². The first kappa shape index (κ1) is 24.8. The van der Waals surface area contributed by atoms with Crippen molar-refractivity contribution in [2.75, 3.05) is 39.4 Å². The lowest BCUT2D eigenvalue weighted by Crippen LogP contribution is -2.59. The van der Waals surface area contributed by atoms with E-state index in [4.69, 9.17) is 19.2 Å². The van der Waals surface area contributed by atoms with Gasteiger partial charge in [-0.3, -0.25) is 4.90 Å².